The molecule has 1 saturated heterocycles. The van der Waals surface area contributed by atoms with E-state index in [1.165, 1.54) is 16.9 Å². The van der Waals surface area contributed by atoms with Crippen LogP contribution < -0.4 is 10.2 Å². The predicted molar refractivity (Wildman–Crippen MR) is 133 cm³/mol. The second-order valence-corrected chi connectivity index (χ2v) is 8.60. The van der Waals surface area contributed by atoms with E-state index in [2.05, 4.69) is 20.3 Å². The molecule has 5 rings (SSSR count). The van der Waals surface area contributed by atoms with Gasteiger partial charge in [-0.3, -0.25) is 4.79 Å². The van der Waals surface area contributed by atoms with Crippen LogP contribution in [0.5, 0.6) is 0 Å². The molecule has 10 heteroatoms. The summed E-state index contributed by atoms with van der Waals surface area (Å²) >= 11 is 6.35. The number of carboxylic acids is 1. The second-order valence-electron chi connectivity index (χ2n) is 8.19. The number of carbonyl (C=O) groups excluding carboxylic acids is 1. The van der Waals surface area contributed by atoms with Gasteiger partial charge in [-0.2, -0.15) is 9.61 Å². The highest BCUT2D eigenvalue weighted by Gasteiger charge is 2.27. The summed E-state index contributed by atoms with van der Waals surface area (Å²) < 4.78 is 1.39. The molecule has 178 valence electrons. The van der Waals surface area contributed by atoms with Gasteiger partial charge >= 0.3 is 5.97 Å². The van der Waals surface area contributed by atoms with Crippen molar-refractivity contribution in [2.24, 2.45) is 0 Å². The first-order valence-electron chi connectivity index (χ1n) is 11.2. The third-order valence-electron chi connectivity index (χ3n) is 6.05. The molecule has 1 aliphatic heterocycles. The van der Waals surface area contributed by atoms with Gasteiger partial charge in [0.05, 0.1) is 16.9 Å². The number of anilines is 2. The Balaban J connectivity index is 1.42. The molecule has 4 aromatic rings. The number of aromatic carboxylic acids is 1. The molecule has 1 amide bonds. The zero-order valence-corrected chi connectivity index (χ0v) is 19.5. The Morgan fingerprint density at radius 3 is 2.37 bits per heavy atom. The van der Waals surface area contributed by atoms with Crippen molar-refractivity contribution in [2.45, 2.75) is 6.54 Å². The van der Waals surface area contributed by atoms with E-state index in [-0.39, 0.29) is 17.1 Å². The molecule has 9 nitrogen and oxygen atoms in total. The summed E-state index contributed by atoms with van der Waals surface area (Å²) in [5, 5.41) is 17.7. The molecule has 2 N–H and O–H groups in total. The van der Waals surface area contributed by atoms with Gasteiger partial charge in [0.25, 0.3) is 5.91 Å². The maximum Gasteiger partial charge on any atom is 0.341 e. The number of piperazine rings is 1. The van der Waals surface area contributed by atoms with E-state index in [1.807, 2.05) is 54.6 Å². The molecule has 0 aliphatic carbocycles. The van der Waals surface area contributed by atoms with E-state index in [1.54, 1.807) is 4.90 Å². The third kappa shape index (κ3) is 4.50. The van der Waals surface area contributed by atoms with Gasteiger partial charge < -0.3 is 20.2 Å². The van der Waals surface area contributed by atoms with Crippen LogP contribution >= 0.6 is 11.6 Å². The average molecular weight is 491 g/mol. The number of nitrogens with one attached hydrogen (secondary N) is 1. The quantitative estimate of drug-likeness (QED) is 0.425. The van der Waals surface area contributed by atoms with Gasteiger partial charge in [-0.15, -0.1) is 0 Å². The summed E-state index contributed by atoms with van der Waals surface area (Å²) in [7, 11) is 0. The highest BCUT2D eigenvalue weighted by Crippen LogP contribution is 2.27. The van der Waals surface area contributed by atoms with E-state index in [4.69, 9.17) is 11.6 Å². The molecule has 0 radical (unpaired) electrons. The fraction of sp³-hybridized carbons (Fsp3) is 0.200. The van der Waals surface area contributed by atoms with Crippen LogP contribution in [0.15, 0.2) is 67.0 Å². The normalized spacial score (nSPS) is 13.7. The smallest absolute Gasteiger partial charge is 0.341 e. The first-order chi connectivity index (χ1) is 17.0. The van der Waals surface area contributed by atoms with Crippen LogP contribution in [-0.2, 0) is 6.54 Å². The monoisotopic (exact) mass is 490 g/mol. The van der Waals surface area contributed by atoms with Gasteiger partial charge in [-0.05, 0) is 17.7 Å². The van der Waals surface area contributed by atoms with E-state index in [0.29, 0.717) is 49.1 Å². The number of hydrogen-bond donors (Lipinski definition) is 2. The molecular formula is C25H23ClN6O3. The summed E-state index contributed by atoms with van der Waals surface area (Å²) in [5.74, 6) is -0.915. The maximum absolute atomic E-state index is 13.6. The minimum atomic E-state index is -1.13. The van der Waals surface area contributed by atoms with Crippen LogP contribution in [0.25, 0.3) is 5.65 Å². The zero-order valence-electron chi connectivity index (χ0n) is 18.8. The number of aromatic nitrogens is 3. The molecule has 0 saturated carbocycles. The van der Waals surface area contributed by atoms with Crippen molar-refractivity contribution in [2.75, 3.05) is 36.4 Å². The molecule has 0 spiro atoms. The molecule has 0 atom stereocenters. The topological polar surface area (TPSA) is 103 Å². The van der Waals surface area contributed by atoms with Crippen molar-refractivity contribution in [1.82, 2.24) is 19.5 Å². The van der Waals surface area contributed by atoms with Crippen molar-refractivity contribution >= 4 is 40.6 Å². The lowest BCUT2D eigenvalue weighted by Gasteiger charge is -2.36. The maximum atomic E-state index is 13.6. The number of fused-ring (bicyclic) bond motifs is 1. The Morgan fingerprint density at radius 1 is 0.943 bits per heavy atom. The molecule has 2 aromatic heterocycles. The van der Waals surface area contributed by atoms with Gasteiger partial charge in [0, 0.05) is 38.9 Å². The number of halogens is 1. The number of carbonyl (C=O) groups is 2. The van der Waals surface area contributed by atoms with Gasteiger partial charge in [0.1, 0.15) is 16.9 Å². The fourth-order valence-corrected chi connectivity index (χ4v) is 4.47. The van der Waals surface area contributed by atoms with Crippen molar-refractivity contribution in [3.63, 3.8) is 0 Å². The number of carboxylic acid groups (broad SMARTS) is 1. The average Bonchev–Trinajstić information content (AvgIpc) is 3.33. The van der Waals surface area contributed by atoms with Gasteiger partial charge in [0.15, 0.2) is 5.65 Å². The van der Waals surface area contributed by atoms with Crippen molar-refractivity contribution in [3.8, 4) is 0 Å². The third-order valence-corrected chi connectivity index (χ3v) is 6.37. The molecular weight excluding hydrogens is 468 g/mol. The van der Waals surface area contributed by atoms with Crippen LogP contribution in [0.1, 0.15) is 26.3 Å². The van der Waals surface area contributed by atoms with Crippen LogP contribution in [0.3, 0.4) is 0 Å². The van der Waals surface area contributed by atoms with Crippen LogP contribution in [-0.4, -0.2) is 62.7 Å². The van der Waals surface area contributed by atoms with Gasteiger partial charge in [-0.25, -0.2) is 9.78 Å². The number of para-hydroxylation sites is 1. The Morgan fingerprint density at radius 2 is 1.66 bits per heavy atom. The number of rotatable bonds is 6. The van der Waals surface area contributed by atoms with Crippen molar-refractivity contribution < 1.29 is 14.7 Å². The Kier molecular flexibility index (Phi) is 6.24. The molecule has 1 aliphatic rings. The lowest BCUT2D eigenvalue weighted by molar-refractivity contribution is 0.0697. The first-order valence-corrected chi connectivity index (χ1v) is 11.6. The number of benzene rings is 2. The largest absolute Gasteiger partial charge is 0.477 e. The van der Waals surface area contributed by atoms with E-state index >= 15 is 0 Å². The number of hydrogen-bond acceptors (Lipinski definition) is 6. The van der Waals surface area contributed by atoms with E-state index in [9.17, 15) is 14.7 Å². The predicted octanol–water partition coefficient (Wildman–Crippen LogP) is 3.66. The van der Waals surface area contributed by atoms with Crippen LogP contribution in [0.2, 0.25) is 5.02 Å². The second kappa shape index (κ2) is 9.63. The highest BCUT2D eigenvalue weighted by molar-refractivity contribution is 6.33. The molecule has 1 fully saturated rings. The summed E-state index contributed by atoms with van der Waals surface area (Å²) in [6.45, 7) is 2.74. The van der Waals surface area contributed by atoms with E-state index in [0.717, 1.165) is 11.3 Å². The lowest BCUT2D eigenvalue weighted by Crippen LogP contribution is -2.49. The first kappa shape index (κ1) is 22.7. The number of amides is 1. The summed E-state index contributed by atoms with van der Waals surface area (Å²) in [6, 6.07) is 17.4. The molecule has 35 heavy (non-hydrogen) atoms. The van der Waals surface area contributed by atoms with Gasteiger partial charge in [0.2, 0.25) is 0 Å². The van der Waals surface area contributed by atoms with Crippen LogP contribution in [0.4, 0.5) is 11.5 Å². The SMILES string of the molecule is O=C(O)c1cnn2c(NCc3ccccc3)c(C(=O)N3CCN(c4ccccc4Cl)CC3)cnc12. The lowest BCUT2D eigenvalue weighted by atomic mass is 10.2. The minimum Gasteiger partial charge on any atom is -0.477 e. The fourth-order valence-electron chi connectivity index (χ4n) is 4.22. The molecule has 2 aromatic carbocycles. The summed E-state index contributed by atoms with van der Waals surface area (Å²) in [6.07, 6.45) is 2.68. The Hall–Kier alpha value is -4.11. The Bertz CT molecular complexity index is 1380. The van der Waals surface area contributed by atoms with E-state index < -0.39 is 5.97 Å². The molecule has 0 bridgehead atoms. The zero-order chi connectivity index (χ0) is 24.4. The van der Waals surface area contributed by atoms with Crippen molar-refractivity contribution in [3.05, 3.63) is 88.7 Å². The molecule has 3 heterocycles. The standard InChI is InChI=1S/C25H23ClN6O3/c26-20-8-4-5-9-21(20)30-10-12-31(13-11-30)24(33)18-15-28-23-19(25(34)35)16-29-32(23)22(18)27-14-17-6-2-1-3-7-17/h1-9,15-16,27H,10-14H2,(H,34,35). The minimum absolute atomic E-state index is 0.0277. The molecule has 0 unspecified atom stereocenters. The Labute approximate surface area is 206 Å². The number of nitrogens with zero attached hydrogens (tertiary/aromatic N) is 5. The summed E-state index contributed by atoms with van der Waals surface area (Å²) in [4.78, 5) is 33.4. The summed E-state index contributed by atoms with van der Waals surface area (Å²) in [5.41, 5.74) is 2.44. The van der Waals surface area contributed by atoms with Crippen molar-refractivity contribution in [1.29, 1.82) is 0 Å². The van der Waals surface area contributed by atoms with Gasteiger partial charge in [-0.1, -0.05) is 54.1 Å². The van der Waals surface area contributed by atoms with Crippen LogP contribution in [0, 0.1) is 0 Å². The highest BCUT2D eigenvalue weighted by atomic mass is 35.5.